The summed E-state index contributed by atoms with van der Waals surface area (Å²) in [5.41, 5.74) is 13.4. The summed E-state index contributed by atoms with van der Waals surface area (Å²) in [4.78, 5) is 12.9. The molecule has 2 heterocycles. The quantitative estimate of drug-likeness (QED) is 0.185. The highest BCUT2D eigenvalue weighted by molar-refractivity contribution is 6.22. The van der Waals surface area contributed by atoms with E-state index in [4.69, 9.17) is 9.98 Å². The van der Waals surface area contributed by atoms with Crippen LogP contribution in [-0.2, 0) is 0 Å². The molecule has 0 saturated heterocycles. The van der Waals surface area contributed by atoms with Crippen molar-refractivity contribution in [1.29, 1.82) is 5.26 Å². The minimum Gasteiger partial charge on any atom is -0.363 e. The third-order valence-corrected chi connectivity index (χ3v) is 9.68. The topological polar surface area (TPSA) is 63.8 Å². The molecule has 2 aliphatic heterocycles. The molecule has 2 aliphatic rings. The van der Waals surface area contributed by atoms with Crippen LogP contribution in [0.1, 0.15) is 48.6 Å². The fourth-order valence-corrected chi connectivity index (χ4v) is 7.18. The van der Waals surface area contributed by atoms with E-state index in [1.54, 1.807) is 0 Å². The van der Waals surface area contributed by atoms with Crippen LogP contribution in [0.4, 0.5) is 17.1 Å². The van der Waals surface area contributed by atoms with E-state index in [1.165, 1.54) is 0 Å². The number of anilines is 3. The zero-order valence-corrected chi connectivity index (χ0v) is 28.7. The molecular weight excluding hydrogens is 623 g/mol. The van der Waals surface area contributed by atoms with Gasteiger partial charge in [0.05, 0.1) is 34.8 Å². The summed E-state index contributed by atoms with van der Waals surface area (Å²) in [7, 11) is 0. The fraction of sp³-hybridized carbons (Fsp3) is 0.109. The van der Waals surface area contributed by atoms with Crippen molar-refractivity contribution in [3.63, 3.8) is 0 Å². The van der Waals surface area contributed by atoms with Crippen LogP contribution >= 0.6 is 0 Å². The van der Waals surface area contributed by atoms with Gasteiger partial charge in [0.25, 0.3) is 0 Å². The summed E-state index contributed by atoms with van der Waals surface area (Å²) in [6.45, 7) is 4.33. The Bertz CT molecular complexity index is 2370. The molecule has 6 aromatic carbocycles. The largest absolute Gasteiger partial charge is 0.363 e. The van der Waals surface area contributed by atoms with Crippen LogP contribution in [0, 0.1) is 11.3 Å². The molecule has 0 radical (unpaired) electrons. The Morgan fingerprint density at radius 2 is 1.33 bits per heavy atom. The lowest BCUT2D eigenvalue weighted by Crippen LogP contribution is -2.30. The average molecular weight is 660 g/mol. The molecule has 2 atom stereocenters. The molecule has 0 bridgehead atoms. The number of nitrogens with zero attached hydrogens (tertiary/aromatic N) is 4. The van der Waals surface area contributed by atoms with Gasteiger partial charge in [-0.2, -0.15) is 5.26 Å². The minimum atomic E-state index is -0.161. The number of nitrogens with one attached hydrogen (secondary N) is 1. The van der Waals surface area contributed by atoms with E-state index in [9.17, 15) is 5.26 Å². The van der Waals surface area contributed by atoms with Crippen LogP contribution < -0.4 is 10.2 Å². The van der Waals surface area contributed by atoms with Crippen LogP contribution in [0.3, 0.4) is 0 Å². The monoisotopic (exact) mass is 659 g/mol. The molecule has 51 heavy (non-hydrogen) atoms. The number of rotatable bonds is 7. The highest BCUT2D eigenvalue weighted by Gasteiger charge is 2.29. The summed E-state index contributed by atoms with van der Waals surface area (Å²) in [6.07, 6.45) is 3.22. The molecule has 0 spiro atoms. The molecule has 0 fully saturated rings. The van der Waals surface area contributed by atoms with Crippen LogP contribution in [0.15, 0.2) is 173 Å². The number of hydrogen-bond donors (Lipinski definition) is 1. The van der Waals surface area contributed by atoms with Gasteiger partial charge in [0.2, 0.25) is 0 Å². The minimum absolute atomic E-state index is 0.0864. The molecule has 5 heteroatoms. The van der Waals surface area contributed by atoms with E-state index in [0.29, 0.717) is 11.4 Å². The van der Waals surface area contributed by atoms with Crippen molar-refractivity contribution in [3.05, 3.63) is 186 Å². The van der Waals surface area contributed by atoms with Crippen molar-refractivity contribution in [2.45, 2.75) is 32.5 Å². The molecule has 0 saturated carbocycles. The fourth-order valence-electron chi connectivity index (χ4n) is 7.18. The van der Waals surface area contributed by atoms with Crippen molar-refractivity contribution in [2.75, 3.05) is 10.2 Å². The Hall–Kier alpha value is -6.51. The first-order chi connectivity index (χ1) is 25.1. The zero-order valence-electron chi connectivity index (χ0n) is 28.7. The van der Waals surface area contributed by atoms with Gasteiger partial charge in [0.15, 0.2) is 5.84 Å². The van der Waals surface area contributed by atoms with Crippen LogP contribution in [0.25, 0.3) is 22.3 Å². The first kappa shape index (κ1) is 31.7. The second-order valence-corrected chi connectivity index (χ2v) is 12.9. The van der Waals surface area contributed by atoms with Gasteiger partial charge < -0.3 is 10.2 Å². The first-order valence-electron chi connectivity index (χ1n) is 17.5. The van der Waals surface area contributed by atoms with E-state index in [-0.39, 0.29) is 12.2 Å². The molecular formula is C46H37N5. The molecule has 1 N–H and O–H groups in total. The average Bonchev–Trinajstić information content (AvgIpc) is 3.48. The standard InChI is InChI=1S/C46H37N5/c1-3-44-48-41-26-25-32(30-47)28-43(41)51(44)36-20-14-19-35(29-36)37-21-10-11-22-38(37)39-23-12-13-24-40(39)45-31(2)27-42(33-15-6-4-7-16-33)49-46(50-45)34-17-8-5-9-18-34/h4-29,42,44,48H,3H2,1-2H3. The van der Waals surface area contributed by atoms with Crippen LogP contribution in [-0.4, -0.2) is 17.7 Å². The molecule has 6 aromatic rings. The van der Waals surface area contributed by atoms with Gasteiger partial charge in [-0.3, -0.25) is 4.99 Å². The van der Waals surface area contributed by atoms with E-state index < -0.39 is 0 Å². The van der Waals surface area contributed by atoms with Crippen molar-refractivity contribution >= 4 is 28.6 Å². The number of amidine groups is 1. The van der Waals surface area contributed by atoms with Gasteiger partial charge in [-0.25, -0.2) is 4.99 Å². The molecule has 0 aromatic heterocycles. The Morgan fingerprint density at radius 3 is 2.06 bits per heavy atom. The number of allylic oxidation sites excluding steroid dienone is 1. The maximum atomic E-state index is 9.66. The predicted octanol–water partition coefficient (Wildman–Crippen LogP) is 11.1. The molecule has 246 valence electrons. The lowest BCUT2D eigenvalue weighted by molar-refractivity contribution is 0.728. The van der Waals surface area contributed by atoms with Gasteiger partial charge in [0, 0.05) is 16.8 Å². The number of nitriles is 1. The molecule has 8 rings (SSSR count). The second kappa shape index (κ2) is 13.8. The van der Waals surface area contributed by atoms with Crippen LogP contribution in [0.5, 0.6) is 0 Å². The van der Waals surface area contributed by atoms with Gasteiger partial charge in [-0.15, -0.1) is 0 Å². The summed E-state index contributed by atoms with van der Waals surface area (Å²) >= 11 is 0. The molecule has 5 nitrogen and oxygen atoms in total. The van der Waals surface area contributed by atoms with Gasteiger partial charge in [0.1, 0.15) is 6.17 Å². The Labute approximate surface area is 299 Å². The van der Waals surface area contributed by atoms with E-state index in [0.717, 1.165) is 73.7 Å². The molecule has 0 amide bonds. The highest BCUT2D eigenvalue weighted by Crippen LogP contribution is 2.43. The number of benzene rings is 6. The molecule has 2 unspecified atom stereocenters. The van der Waals surface area contributed by atoms with Crippen molar-refractivity contribution in [2.24, 2.45) is 9.98 Å². The highest BCUT2D eigenvalue weighted by atomic mass is 15.3. The third kappa shape index (κ3) is 6.13. The maximum Gasteiger partial charge on any atom is 0.156 e. The predicted molar refractivity (Wildman–Crippen MR) is 211 cm³/mol. The Morgan fingerprint density at radius 1 is 0.686 bits per heavy atom. The van der Waals surface area contributed by atoms with E-state index in [1.807, 2.05) is 42.5 Å². The normalized spacial score (nSPS) is 16.6. The lowest BCUT2D eigenvalue weighted by Gasteiger charge is -2.27. The van der Waals surface area contributed by atoms with Gasteiger partial charge >= 0.3 is 0 Å². The van der Waals surface area contributed by atoms with Crippen LogP contribution in [0.2, 0.25) is 0 Å². The molecule has 0 aliphatic carbocycles. The van der Waals surface area contributed by atoms with Crippen molar-refractivity contribution in [3.8, 4) is 28.3 Å². The Kier molecular flexibility index (Phi) is 8.57. The summed E-state index contributed by atoms with van der Waals surface area (Å²) in [5.74, 6) is 0.716. The summed E-state index contributed by atoms with van der Waals surface area (Å²) in [5, 5.41) is 13.3. The SMILES string of the molecule is CCC1Nc2ccc(C#N)cc2N1c1cccc(-c2ccccc2-c2ccccc2C2=NC(c3ccccc3)=NC(c3ccccc3)C=C2C)c1. The summed E-state index contributed by atoms with van der Waals surface area (Å²) < 4.78 is 0. The lowest BCUT2D eigenvalue weighted by atomic mass is 9.88. The number of fused-ring (bicyclic) bond motifs is 1. The summed E-state index contributed by atoms with van der Waals surface area (Å²) in [6, 6.07) is 54.6. The Balaban J connectivity index is 1.24. The number of aliphatic imine (C=N–C) groups is 2. The van der Waals surface area contributed by atoms with Gasteiger partial charge in [-0.1, -0.05) is 134 Å². The number of hydrogen-bond acceptors (Lipinski definition) is 5. The second-order valence-electron chi connectivity index (χ2n) is 12.9. The van der Waals surface area contributed by atoms with Gasteiger partial charge in [-0.05, 0) is 77.1 Å². The van der Waals surface area contributed by atoms with E-state index in [2.05, 4.69) is 145 Å². The van der Waals surface area contributed by atoms with Crippen molar-refractivity contribution < 1.29 is 0 Å². The first-order valence-corrected chi connectivity index (χ1v) is 17.5. The zero-order chi connectivity index (χ0) is 34.7. The van der Waals surface area contributed by atoms with Crippen molar-refractivity contribution in [1.82, 2.24) is 0 Å². The van der Waals surface area contributed by atoms with E-state index >= 15 is 0 Å². The third-order valence-electron chi connectivity index (χ3n) is 9.68. The smallest absolute Gasteiger partial charge is 0.156 e. The maximum absolute atomic E-state index is 9.66.